The lowest BCUT2D eigenvalue weighted by Crippen LogP contribution is -2.25. The van der Waals surface area contributed by atoms with E-state index in [1.165, 1.54) is 11.1 Å². The van der Waals surface area contributed by atoms with Crippen molar-refractivity contribution < 1.29 is 4.74 Å². The Kier molecular flexibility index (Phi) is 6.43. The van der Waals surface area contributed by atoms with Crippen molar-refractivity contribution >= 4 is 27.9 Å². The van der Waals surface area contributed by atoms with Gasteiger partial charge < -0.3 is 4.74 Å². The van der Waals surface area contributed by atoms with Gasteiger partial charge in [0.1, 0.15) is 11.6 Å². The number of fused-ring (bicyclic) bond motifs is 2. The van der Waals surface area contributed by atoms with Gasteiger partial charge >= 0.3 is 0 Å². The second-order valence-electron chi connectivity index (χ2n) is 9.22. The van der Waals surface area contributed by atoms with E-state index in [9.17, 15) is 4.79 Å². The molecule has 1 aromatic heterocycles. The van der Waals surface area contributed by atoms with Crippen LogP contribution in [0.4, 0.5) is 0 Å². The third-order valence-corrected chi connectivity index (χ3v) is 6.89. The molecule has 0 amide bonds. The van der Waals surface area contributed by atoms with E-state index in [1.54, 1.807) is 6.21 Å². The summed E-state index contributed by atoms with van der Waals surface area (Å²) in [5, 5.41) is 7.53. The van der Waals surface area contributed by atoms with Gasteiger partial charge in [0.2, 0.25) is 0 Å². The first-order valence-electron chi connectivity index (χ1n) is 12.4. The number of hydrogen-bond acceptors (Lipinski definition) is 4. The molecule has 1 aliphatic carbocycles. The van der Waals surface area contributed by atoms with E-state index in [-0.39, 0.29) is 17.6 Å². The second-order valence-corrected chi connectivity index (χ2v) is 9.22. The van der Waals surface area contributed by atoms with Crippen molar-refractivity contribution in [3.05, 3.63) is 82.4 Å². The first-order chi connectivity index (χ1) is 16.7. The number of para-hydroxylation sites is 1. The van der Waals surface area contributed by atoms with Gasteiger partial charge in [-0.25, -0.2) is 4.98 Å². The monoisotopic (exact) mass is 453 g/mol. The first kappa shape index (κ1) is 22.3. The highest BCUT2D eigenvalue weighted by Gasteiger charge is 2.22. The van der Waals surface area contributed by atoms with Gasteiger partial charge in [0.25, 0.3) is 5.56 Å². The van der Waals surface area contributed by atoms with Crippen LogP contribution in [0.5, 0.6) is 5.75 Å². The average Bonchev–Trinajstić information content (AvgIpc) is 2.89. The van der Waals surface area contributed by atoms with Gasteiger partial charge in [-0.3, -0.25) is 4.79 Å². The Morgan fingerprint density at radius 1 is 1.03 bits per heavy atom. The third kappa shape index (κ3) is 4.35. The number of hydrogen-bond donors (Lipinski definition) is 0. The molecular weight excluding hydrogens is 422 g/mol. The Hall–Kier alpha value is -3.47. The highest BCUT2D eigenvalue weighted by Crippen LogP contribution is 2.32. The molecule has 5 rings (SSSR count). The predicted octanol–water partition coefficient (Wildman–Crippen LogP) is 6.66. The van der Waals surface area contributed by atoms with Crippen molar-refractivity contribution in [3.8, 4) is 5.75 Å². The Bertz CT molecular complexity index is 1400. The van der Waals surface area contributed by atoms with Crippen molar-refractivity contribution in [3.63, 3.8) is 0 Å². The molecule has 0 saturated heterocycles. The van der Waals surface area contributed by atoms with Crippen molar-refractivity contribution in [2.75, 3.05) is 0 Å². The van der Waals surface area contributed by atoms with Crippen molar-refractivity contribution in [1.29, 1.82) is 0 Å². The van der Waals surface area contributed by atoms with Gasteiger partial charge in [0.15, 0.2) is 0 Å². The zero-order chi connectivity index (χ0) is 23.5. The summed E-state index contributed by atoms with van der Waals surface area (Å²) in [7, 11) is 0. The Morgan fingerprint density at radius 2 is 1.76 bits per heavy atom. The molecule has 5 heteroatoms. The maximum absolute atomic E-state index is 13.6. The van der Waals surface area contributed by atoms with E-state index in [1.807, 2.05) is 42.5 Å². The van der Waals surface area contributed by atoms with E-state index in [0.717, 1.165) is 65.5 Å². The molecule has 1 atom stereocenters. The van der Waals surface area contributed by atoms with Crippen LogP contribution >= 0.6 is 0 Å². The fraction of sp³-hybridized carbons (Fsp3) is 0.345. The normalized spacial score (nSPS) is 15.8. The van der Waals surface area contributed by atoms with E-state index >= 15 is 0 Å². The van der Waals surface area contributed by atoms with Gasteiger partial charge in [-0.05, 0) is 55.2 Å². The van der Waals surface area contributed by atoms with E-state index in [0.29, 0.717) is 5.39 Å². The van der Waals surface area contributed by atoms with Gasteiger partial charge in [0, 0.05) is 11.5 Å². The van der Waals surface area contributed by atoms with Crippen LogP contribution in [0.2, 0.25) is 0 Å². The molecule has 4 aromatic rings. The third-order valence-electron chi connectivity index (χ3n) is 6.89. The van der Waals surface area contributed by atoms with Crippen LogP contribution in [0.25, 0.3) is 21.7 Å². The Morgan fingerprint density at radius 3 is 2.56 bits per heavy atom. The number of benzene rings is 3. The smallest absolute Gasteiger partial charge is 0.282 e. The first-order valence-corrected chi connectivity index (χ1v) is 12.4. The van der Waals surface area contributed by atoms with Crippen LogP contribution in [0.1, 0.15) is 69.7 Å². The van der Waals surface area contributed by atoms with Crippen LogP contribution in [-0.4, -0.2) is 22.0 Å². The minimum Gasteiger partial charge on any atom is -0.490 e. The molecule has 34 heavy (non-hydrogen) atoms. The number of ether oxygens (including phenoxy) is 1. The summed E-state index contributed by atoms with van der Waals surface area (Å²) in [5.41, 5.74) is 1.51. The number of rotatable bonds is 6. The largest absolute Gasteiger partial charge is 0.490 e. The van der Waals surface area contributed by atoms with Crippen molar-refractivity contribution in [2.45, 2.75) is 64.4 Å². The van der Waals surface area contributed by atoms with Crippen LogP contribution < -0.4 is 10.3 Å². The van der Waals surface area contributed by atoms with Gasteiger partial charge in [-0.15, -0.1) is 0 Å². The van der Waals surface area contributed by atoms with Crippen LogP contribution in [0, 0.1) is 0 Å². The molecule has 3 aromatic carbocycles. The molecule has 0 N–H and O–H groups in total. The average molecular weight is 454 g/mol. The molecule has 0 aliphatic heterocycles. The molecular formula is C29H31N3O2. The fourth-order valence-corrected chi connectivity index (χ4v) is 4.80. The molecule has 174 valence electrons. The van der Waals surface area contributed by atoms with E-state index < -0.39 is 0 Å². The predicted molar refractivity (Wildman–Crippen MR) is 139 cm³/mol. The van der Waals surface area contributed by atoms with Crippen LogP contribution in [0.15, 0.2) is 70.6 Å². The van der Waals surface area contributed by atoms with Crippen molar-refractivity contribution in [1.82, 2.24) is 9.66 Å². The highest BCUT2D eigenvalue weighted by atomic mass is 16.5. The quantitative estimate of drug-likeness (QED) is 0.307. The summed E-state index contributed by atoms with van der Waals surface area (Å²) < 4.78 is 7.78. The fourth-order valence-electron chi connectivity index (χ4n) is 4.80. The Labute approximate surface area is 200 Å². The minimum atomic E-state index is -0.118. The summed E-state index contributed by atoms with van der Waals surface area (Å²) in [6, 6.07) is 19.8. The molecule has 1 heterocycles. The molecule has 0 bridgehead atoms. The summed E-state index contributed by atoms with van der Waals surface area (Å²) in [5.74, 6) is 1.79. The van der Waals surface area contributed by atoms with Gasteiger partial charge in [0.05, 0.1) is 23.2 Å². The van der Waals surface area contributed by atoms with Crippen molar-refractivity contribution in [2.24, 2.45) is 5.10 Å². The molecule has 5 nitrogen and oxygen atoms in total. The summed E-state index contributed by atoms with van der Waals surface area (Å²) >= 11 is 0. The SMILES string of the molecule is CC[C@H](C)Oc1ccc2ccccc2c1C=Nn1c(C2CCCCC2)nc2ccccc2c1=O. The number of nitrogens with zero attached hydrogens (tertiary/aromatic N) is 3. The lowest BCUT2D eigenvalue weighted by Gasteiger charge is -2.23. The molecule has 1 aliphatic rings. The van der Waals surface area contributed by atoms with Crippen LogP contribution in [0.3, 0.4) is 0 Å². The Balaban J connectivity index is 1.68. The van der Waals surface area contributed by atoms with Crippen LogP contribution in [-0.2, 0) is 0 Å². The zero-order valence-corrected chi connectivity index (χ0v) is 19.9. The standard InChI is InChI=1S/C29H31N3O2/c1-3-20(2)34-27-18-17-21-11-7-8-14-23(21)25(27)19-30-32-28(22-12-5-4-6-13-22)31-26-16-10-9-15-24(26)29(32)33/h7-11,14-20,22H,3-6,12-13H2,1-2H3/t20-/m0/s1. The summed E-state index contributed by atoms with van der Waals surface area (Å²) in [6.45, 7) is 4.17. The summed E-state index contributed by atoms with van der Waals surface area (Å²) in [6.07, 6.45) is 8.41. The maximum atomic E-state index is 13.6. The molecule has 0 unspecified atom stereocenters. The molecule has 1 saturated carbocycles. The lowest BCUT2D eigenvalue weighted by atomic mass is 9.88. The van der Waals surface area contributed by atoms with Gasteiger partial charge in [-0.2, -0.15) is 9.78 Å². The topological polar surface area (TPSA) is 56.5 Å². The summed E-state index contributed by atoms with van der Waals surface area (Å²) in [4.78, 5) is 18.5. The molecule has 1 fully saturated rings. The minimum absolute atomic E-state index is 0.0798. The van der Waals surface area contributed by atoms with E-state index in [2.05, 4.69) is 32.0 Å². The van der Waals surface area contributed by atoms with E-state index in [4.69, 9.17) is 14.8 Å². The molecule has 0 radical (unpaired) electrons. The lowest BCUT2D eigenvalue weighted by molar-refractivity contribution is 0.217. The second kappa shape index (κ2) is 9.80. The maximum Gasteiger partial charge on any atom is 0.282 e. The zero-order valence-electron chi connectivity index (χ0n) is 19.9. The van der Waals surface area contributed by atoms with Gasteiger partial charge in [-0.1, -0.05) is 68.7 Å². The number of aromatic nitrogens is 2. The molecule has 0 spiro atoms. The highest BCUT2D eigenvalue weighted by molar-refractivity contribution is 6.02.